The Labute approximate surface area is 107 Å². The van der Waals surface area contributed by atoms with Crippen molar-refractivity contribution in [1.29, 1.82) is 0 Å². The molecule has 0 saturated carbocycles. The van der Waals surface area contributed by atoms with Gasteiger partial charge in [-0.05, 0) is 19.8 Å². The molecule has 6 nitrogen and oxygen atoms in total. The molecule has 0 aliphatic heterocycles. The molecule has 0 aromatic carbocycles. The zero-order valence-corrected chi connectivity index (χ0v) is 11.0. The van der Waals surface area contributed by atoms with Gasteiger partial charge in [0.15, 0.2) is 0 Å². The van der Waals surface area contributed by atoms with E-state index in [0.717, 1.165) is 24.5 Å². The summed E-state index contributed by atoms with van der Waals surface area (Å²) in [5.41, 5.74) is 5.98. The fourth-order valence-corrected chi connectivity index (χ4v) is 1.45. The van der Waals surface area contributed by atoms with Gasteiger partial charge >= 0.3 is 0 Å². The highest BCUT2D eigenvalue weighted by Gasteiger charge is 2.01. The number of nitrogens with two attached hydrogens (primary N) is 1. The maximum atomic E-state index is 10.6. The first-order valence-electron chi connectivity index (χ1n) is 6.23. The summed E-state index contributed by atoms with van der Waals surface area (Å²) in [5, 5.41) is 6.31. The molecular weight excluding hydrogens is 230 g/mol. The number of hydrogen-bond acceptors (Lipinski definition) is 5. The third kappa shape index (κ3) is 5.47. The molecule has 1 amide bonds. The number of nitrogens with one attached hydrogen (secondary N) is 2. The molecule has 0 aliphatic carbocycles. The van der Waals surface area contributed by atoms with Crippen LogP contribution in [0.3, 0.4) is 0 Å². The molecule has 0 spiro atoms. The Balaban J connectivity index is 2.48. The standard InChI is InChI=1S/C12H21N5O/c1-3-6-15-12-16-9(2)8-11(17-12)14-7-4-5-10(13)18/h8H,3-7H2,1-2H3,(H2,13,18)(H2,14,15,16,17). The fraction of sp³-hybridized carbons (Fsp3) is 0.583. The molecular formula is C12H21N5O. The molecule has 1 aromatic rings. The van der Waals surface area contributed by atoms with Crippen LogP contribution in [0.4, 0.5) is 11.8 Å². The van der Waals surface area contributed by atoms with E-state index < -0.39 is 0 Å². The summed E-state index contributed by atoms with van der Waals surface area (Å²) in [6, 6.07) is 1.88. The molecule has 0 fully saturated rings. The number of rotatable bonds is 8. The van der Waals surface area contributed by atoms with Crippen LogP contribution < -0.4 is 16.4 Å². The molecule has 0 radical (unpaired) electrons. The van der Waals surface area contributed by atoms with Crippen molar-refractivity contribution in [3.05, 3.63) is 11.8 Å². The van der Waals surface area contributed by atoms with E-state index in [9.17, 15) is 4.79 Å². The van der Waals surface area contributed by atoms with Gasteiger partial charge in [0.1, 0.15) is 5.82 Å². The van der Waals surface area contributed by atoms with Crippen molar-refractivity contribution >= 4 is 17.7 Å². The minimum atomic E-state index is -0.277. The predicted molar refractivity (Wildman–Crippen MR) is 72.5 cm³/mol. The zero-order valence-electron chi connectivity index (χ0n) is 11.0. The van der Waals surface area contributed by atoms with Crippen molar-refractivity contribution in [2.45, 2.75) is 33.1 Å². The molecule has 100 valence electrons. The van der Waals surface area contributed by atoms with Gasteiger partial charge < -0.3 is 16.4 Å². The lowest BCUT2D eigenvalue weighted by Crippen LogP contribution is -2.13. The number of aromatic nitrogens is 2. The van der Waals surface area contributed by atoms with Gasteiger partial charge in [0.2, 0.25) is 11.9 Å². The van der Waals surface area contributed by atoms with Crippen molar-refractivity contribution in [3.63, 3.8) is 0 Å². The molecule has 0 unspecified atom stereocenters. The van der Waals surface area contributed by atoms with Crippen LogP contribution >= 0.6 is 0 Å². The van der Waals surface area contributed by atoms with E-state index in [-0.39, 0.29) is 5.91 Å². The van der Waals surface area contributed by atoms with E-state index in [1.165, 1.54) is 0 Å². The van der Waals surface area contributed by atoms with E-state index in [4.69, 9.17) is 5.73 Å². The second kappa shape index (κ2) is 7.47. The van der Waals surface area contributed by atoms with Gasteiger partial charge in [-0.1, -0.05) is 6.92 Å². The smallest absolute Gasteiger partial charge is 0.224 e. The molecule has 4 N–H and O–H groups in total. The van der Waals surface area contributed by atoms with E-state index in [1.807, 2.05) is 13.0 Å². The van der Waals surface area contributed by atoms with Gasteiger partial charge in [0.05, 0.1) is 0 Å². The van der Waals surface area contributed by atoms with Crippen molar-refractivity contribution in [2.24, 2.45) is 5.73 Å². The summed E-state index contributed by atoms with van der Waals surface area (Å²) >= 11 is 0. The van der Waals surface area contributed by atoms with Crippen LogP contribution in [-0.4, -0.2) is 29.0 Å². The minimum absolute atomic E-state index is 0.277. The minimum Gasteiger partial charge on any atom is -0.370 e. The lowest BCUT2D eigenvalue weighted by molar-refractivity contribution is -0.118. The molecule has 0 saturated heterocycles. The number of primary amides is 1. The predicted octanol–water partition coefficient (Wildman–Crippen LogP) is 1.28. The molecule has 0 atom stereocenters. The normalized spacial score (nSPS) is 10.1. The lowest BCUT2D eigenvalue weighted by Gasteiger charge is -2.09. The van der Waals surface area contributed by atoms with Gasteiger partial charge in [-0.15, -0.1) is 0 Å². The second-order valence-electron chi connectivity index (χ2n) is 4.14. The summed E-state index contributed by atoms with van der Waals surface area (Å²) in [5.74, 6) is 1.13. The lowest BCUT2D eigenvalue weighted by atomic mass is 10.3. The largest absolute Gasteiger partial charge is 0.370 e. The summed E-state index contributed by atoms with van der Waals surface area (Å²) in [6.45, 7) is 5.54. The summed E-state index contributed by atoms with van der Waals surface area (Å²) < 4.78 is 0. The van der Waals surface area contributed by atoms with E-state index in [2.05, 4.69) is 27.5 Å². The van der Waals surface area contributed by atoms with Crippen LogP contribution in [0.2, 0.25) is 0 Å². The average molecular weight is 251 g/mol. The zero-order chi connectivity index (χ0) is 13.4. The highest BCUT2D eigenvalue weighted by molar-refractivity contribution is 5.73. The Hall–Kier alpha value is -1.85. The molecule has 1 heterocycles. The molecule has 18 heavy (non-hydrogen) atoms. The first-order valence-corrected chi connectivity index (χ1v) is 6.23. The first-order chi connectivity index (χ1) is 8.61. The van der Waals surface area contributed by atoms with Crippen molar-refractivity contribution < 1.29 is 4.79 Å². The van der Waals surface area contributed by atoms with Gasteiger partial charge in [0.25, 0.3) is 0 Å². The van der Waals surface area contributed by atoms with E-state index in [0.29, 0.717) is 25.3 Å². The van der Waals surface area contributed by atoms with Gasteiger partial charge in [0, 0.05) is 31.3 Å². The summed E-state index contributed by atoms with van der Waals surface area (Å²) in [7, 11) is 0. The van der Waals surface area contributed by atoms with E-state index in [1.54, 1.807) is 0 Å². The van der Waals surface area contributed by atoms with Crippen LogP contribution in [0.5, 0.6) is 0 Å². The number of carbonyl (C=O) groups is 1. The number of anilines is 2. The van der Waals surface area contributed by atoms with Gasteiger partial charge in [-0.3, -0.25) is 4.79 Å². The SMILES string of the molecule is CCCNc1nc(C)cc(NCCCC(N)=O)n1. The van der Waals surface area contributed by atoms with Gasteiger partial charge in [-0.2, -0.15) is 4.98 Å². The summed E-state index contributed by atoms with van der Waals surface area (Å²) in [4.78, 5) is 19.2. The highest BCUT2D eigenvalue weighted by atomic mass is 16.1. The number of aryl methyl sites for hydroxylation is 1. The maximum Gasteiger partial charge on any atom is 0.224 e. The van der Waals surface area contributed by atoms with E-state index >= 15 is 0 Å². The Bertz CT molecular complexity index is 394. The van der Waals surface area contributed by atoms with Crippen molar-refractivity contribution in [2.75, 3.05) is 23.7 Å². The Morgan fingerprint density at radius 3 is 2.78 bits per heavy atom. The third-order valence-corrected chi connectivity index (χ3v) is 2.29. The Kier molecular flexibility index (Phi) is 5.90. The molecule has 1 aromatic heterocycles. The maximum absolute atomic E-state index is 10.6. The van der Waals surface area contributed by atoms with Crippen LogP contribution in [-0.2, 0) is 4.79 Å². The molecule has 1 rings (SSSR count). The number of amides is 1. The monoisotopic (exact) mass is 251 g/mol. The average Bonchev–Trinajstić information content (AvgIpc) is 2.31. The molecule has 0 aliphatic rings. The number of nitrogens with zero attached hydrogens (tertiary/aromatic N) is 2. The van der Waals surface area contributed by atoms with Gasteiger partial charge in [-0.25, -0.2) is 4.98 Å². The Morgan fingerprint density at radius 1 is 1.33 bits per heavy atom. The summed E-state index contributed by atoms with van der Waals surface area (Å²) in [6.07, 6.45) is 2.12. The highest BCUT2D eigenvalue weighted by Crippen LogP contribution is 2.09. The van der Waals surface area contributed by atoms with Crippen LogP contribution in [0.1, 0.15) is 31.9 Å². The Morgan fingerprint density at radius 2 is 2.11 bits per heavy atom. The van der Waals surface area contributed by atoms with Crippen LogP contribution in [0.25, 0.3) is 0 Å². The third-order valence-electron chi connectivity index (χ3n) is 2.29. The van der Waals surface area contributed by atoms with Crippen molar-refractivity contribution in [3.8, 4) is 0 Å². The number of hydrogen-bond donors (Lipinski definition) is 3. The molecule has 6 heteroatoms. The number of carbonyl (C=O) groups excluding carboxylic acids is 1. The van der Waals surface area contributed by atoms with Crippen molar-refractivity contribution in [1.82, 2.24) is 9.97 Å². The van der Waals surface area contributed by atoms with Crippen LogP contribution in [0.15, 0.2) is 6.07 Å². The second-order valence-corrected chi connectivity index (χ2v) is 4.14. The fourth-order valence-electron chi connectivity index (χ4n) is 1.45. The van der Waals surface area contributed by atoms with Crippen LogP contribution in [0, 0.1) is 6.92 Å². The molecule has 0 bridgehead atoms. The quantitative estimate of drug-likeness (QED) is 0.605. The topological polar surface area (TPSA) is 92.9 Å². The first kappa shape index (κ1) is 14.2.